The van der Waals surface area contributed by atoms with Gasteiger partial charge in [-0.25, -0.2) is 0 Å². The number of rotatable bonds is 4. The van der Waals surface area contributed by atoms with Crippen LogP contribution in [0.3, 0.4) is 0 Å². The highest BCUT2D eigenvalue weighted by Gasteiger charge is 2.17. The van der Waals surface area contributed by atoms with E-state index in [-0.39, 0.29) is 6.04 Å². The number of ether oxygens (including phenoxy) is 2. The van der Waals surface area contributed by atoms with Gasteiger partial charge in [-0.3, -0.25) is 0 Å². The number of fused-ring (bicyclic) bond motifs is 1. The van der Waals surface area contributed by atoms with E-state index in [1.165, 1.54) is 10.4 Å². The highest BCUT2D eigenvalue weighted by Crippen LogP contribution is 2.34. The van der Waals surface area contributed by atoms with Crippen molar-refractivity contribution in [2.45, 2.75) is 12.5 Å². The van der Waals surface area contributed by atoms with Gasteiger partial charge in [0.25, 0.3) is 0 Å². The molecule has 0 saturated carbocycles. The third kappa shape index (κ3) is 2.92. The van der Waals surface area contributed by atoms with E-state index in [1.54, 1.807) is 11.3 Å². The van der Waals surface area contributed by atoms with Gasteiger partial charge in [-0.1, -0.05) is 17.7 Å². The van der Waals surface area contributed by atoms with Gasteiger partial charge in [-0.15, -0.1) is 11.3 Å². The van der Waals surface area contributed by atoms with Gasteiger partial charge in [0.1, 0.15) is 13.2 Å². The second-order valence-corrected chi connectivity index (χ2v) is 6.45. The molecular formula is C15H16ClNO2S. The summed E-state index contributed by atoms with van der Waals surface area (Å²) in [7, 11) is 1.97. The molecule has 106 valence electrons. The first-order valence-corrected chi connectivity index (χ1v) is 7.77. The molecule has 0 bridgehead atoms. The second-order valence-electron chi connectivity index (χ2n) is 4.65. The first-order chi connectivity index (χ1) is 9.76. The first kappa shape index (κ1) is 13.7. The van der Waals surface area contributed by atoms with Crippen LogP contribution in [-0.4, -0.2) is 20.3 Å². The lowest BCUT2D eigenvalue weighted by Crippen LogP contribution is -2.20. The standard InChI is InChI=1S/C15H16ClNO2S/c1-17-12(9-11-3-5-15(16)20-11)10-2-4-13-14(8-10)19-7-6-18-13/h2-5,8,12,17H,6-7,9H2,1H3. The van der Waals surface area contributed by atoms with Crippen LogP contribution in [0.1, 0.15) is 16.5 Å². The number of likely N-dealkylation sites (N-methyl/N-ethyl adjacent to an activating group) is 1. The summed E-state index contributed by atoms with van der Waals surface area (Å²) in [4.78, 5) is 1.27. The third-order valence-corrected chi connectivity index (χ3v) is 4.60. The van der Waals surface area contributed by atoms with E-state index in [4.69, 9.17) is 21.1 Å². The van der Waals surface area contributed by atoms with Crippen molar-refractivity contribution in [2.75, 3.05) is 20.3 Å². The maximum absolute atomic E-state index is 5.99. The highest BCUT2D eigenvalue weighted by atomic mass is 35.5. The minimum absolute atomic E-state index is 0.237. The van der Waals surface area contributed by atoms with Gasteiger partial charge in [0.2, 0.25) is 0 Å². The average Bonchev–Trinajstić information content (AvgIpc) is 2.89. The molecule has 1 aliphatic rings. The molecule has 1 aromatic carbocycles. The van der Waals surface area contributed by atoms with E-state index in [9.17, 15) is 0 Å². The van der Waals surface area contributed by atoms with E-state index in [2.05, 4.69) is 23.5 Å². The molecule has 0 fully saturated rings. The van der Waals surface area contributed by atoms with Crippen LogP contribution in [-0.2, 0) is 6.42 Å². The molecule has 0 aliphatic carbocycles. The minimum atomic E-state index is 0.237. The van der Waals surface area contributed by atoms with Gasteiger partial charge >= 0.3 is 0 Å². The Hall–Kier alpha value is -1.23. The van der Waals surface area contributed by atoms with Crippen LogP contribution in [0, 0.1) is 0 Å². The molecule has 2 aromatic rings. The lowest BCUT2D eigenvalue weighted by molar-refractivity contribution is 0.171. The zero-order chi connectivity index (χ0) is 13.9. The highest BCUT2D eigenvalue weighted by molar-refractivity contribution is 7.16. The maximum Gasteiger partial charge on any atom is 0.161 e. The molecule has 5 heteroatoms. The lowest BCUT2D eigenvalue weighted by atomic mass is 10.0. The molecule has 20 heavy (non-hydrogen) atoms. The van der Waals surface area contributed by atoms with Gasteiger partial charge < -0.3 is 14.8 Å². The van der Waals surface area contributed by atoms with Crippen molar-refractivity contribution >= 4 is 22.9 Å². The largest absolute Gasteiger partial charge is 0.486 e. The minimum Gasteiger partial charge on any atom is -0.486 e. The van der Waals surface area contributed by atoms with Gasteiger partial charge in [0.15, 0.2) is 11.5 Å². The molecule has 3 nitrogen and oxygen atoms in total. The molecule has 0 saturated heterocycles. The van der Waals surface area contributed by atoms with Crippen LogP contribution in [0.4, 0.5) is 0 Å². The van der Waals surface area contributed by atoms with Crippen LogP contribution in [0.15, 0.2) is 30.3 Å². The Labute approximate surface area is 127 Å². The molecule has 2 heterocycles. The normalized spacial score (nSPS) is 15.1. The molecule has 1 aliphatic heterocycles. The summed E-state index contributed by atoms with van der Waals surface area (Å²) >= 11 is 7.61. The molecule has 1 unspecified atom stereocenters. The molecule has 1 N–H and O–H groups in total. The third-order valence-electron chi connectivity index (χ3n) is 3.35. The number of thiophene rings is 1. The smallest absolute Gasteiger partial charge is 0.161 e. The van der Waals surface area contributed by atoms with Crippen LogP contribution in [0.2, 0.25) is 4.34 Å². The summed E-state index contributed by atoms with van der Waals surface area (Å²) in [6.45, 7) is 1.23. The van der Waals surface area contributed by atoms with Crippen LogP contribution < -0.4 is 14.8 Å². The SMILES string of the molecule is CNC(Cc1ccc(Cl)s1)c1ccc2c(c1)OCCO2. The fourth-order valence-corrected chi connectivity index (χ4v) is 3.46. The quantitative estimate of drug-likeness (QED) is 0.934. The molecule has 1 atom stereocenters. The van der Waals surface area contributed by atoms with Crippen LogP contribution >= 0.6 is 22.9 Å². The Bertz CT molecular complexity index is 599. The molecule has 0 amide bonds. The predicted octanol–water partition coefficient (Wildman–Crippen LogP) is 3.68. The number of benzene rings is 1. The average molecular weight is 310 g/mol. The maximum atomic E-state index is 5.99. The van der Waals surface area contributed by atoms with E-state index in [0.29, 0.717) is 13.2 Å². The predicted molar refractivity (Wildman–Crippen MR) is 82.3 cm³/mol. The fourth-order valence-electron chi connectivity index (χ4n) is 2.33. The zero-order valence-electron chi connectivity index (χ0n) is 11.2. The monoisotopic (exact) mass is 309 g/mol. The Morgan fingerprint density at radius 1 is 1.20 bits per heavy atom. The first-order valence-electron chi connectivity index (χ1n) is 6.57. The lowest BCUT2D eigenvalue weighted by Gasteiger charge is -2.21. The summed E-state index contributed by atoms with van der Waals surface area (Å²) in [5, 5.41) is 3.35. The van der Waals surface area contributed by atoms with E-state index in [0.717, 1.165) is 22.3 Å². The Kier molecular flexibility index (Phi) is 4.15. The van der Waals surface area contributed by atoms with Crippen molar-refractivity contribution in [2.24, 2.45) is 0 Å². The fraction of sp³-hybridized carbons (Fsp3) is 0.333. The molecule has 1 aromatic heterocycles. The van der Waals surface area contributed by atoms with Crippen molar-refractivity contribution in [3.05, 3.63) is 45.1 Å². The van der Waals surface area contributed by atoms with Crippen LogP contribution in [0.25, 0.3) is 0 Å². The summed E-state index contributed by atoms with van der Waals surface area (Å²) in [6.07, 6.45) is 0.910. The Balaban J connectivity index is 1.81. The summed E-state index contributed by atoms with van der Waals surface area (Å²) < 4.78 is 12.0. The second kappa shape index (κ2) is 6.04. The van der Waals surface area contributed by atoms with E-state index >= 15 is 0 Å². The van der Waals surface area contributed by atoms with E-state index < -0.39 is 0 Å². The van der Waals surface area contributed by atoms with E-state index in [1.807, 2.05) is 19.2 Å². The number of hydrogen-bond donors (Lipinski definition) is 1. The topological polar surface area (TPSA) is 30.5 Å². The van der Waals surface area contributed by atoms with Gasteiger partial charge in [0.05, 0.1) is 4.34 Å². The number of nitrogens with one attached hydrogen (secondary N) is 1. The Morgan fingerprint density at radius 3 is 2.70 bits per heavy atom. The van der Waals surface area contributed by atoms with Gasteiger partial charge in [-0.2, -0.15) is 0 Å². The molecular weight excluding hydrogens is 294 g/mol. The van der Waals surface area contributed by atoms with Crippen molar-refractivity contribution < 1.29 is 9.47 Å². The van der Waals surface area contributed by atoms with Gasteiger partial charge in [0, 0.05) is 17.3 Å². The summed E-state index contributed by atoms with van der Waals surface area (Å²) in [5.74, 6) is 1.66. The molecule has 3 rings (SSSR count). The number of hydrogen-bond acceptors (Lipinski definition) is 4. The van der Waals surface area contributed by atoms with Gasteiger partial charge in [-0.05, 0) is 36.9 Å². The van der Waals surface area contributed by atoms with Crippen molar-refractivity contribution in [3.8, 4) is 11.5 Å². The summed E-state index contributed by atoms with van der Waals surface area (Å²) in [6, 6.07) is 10.4. The summed E-state index contributed by atoms with van der Waals surface area (Å²) in [5.41, 5.74) is 1.20. The van der Waals surface area contributed by atoms with Crippen LogP contribution in [0.5, 0.6) is 11.5 Å². The van der Waals surface area contributed by atoms with Crippen molar-refractivity contribution in [3.63, 3.8) is 0 Å². The molecule has 0 spiro atoms. The Morgan fingerprint density at radius 2 is 2.00 bits per heavy atom. The number of halogens is 1. The molecule has 0 radical (unpaired) electrons. The van der Waals surface area contributed by atoms with Crippen molar-refractivity contribution in [1.82, 2.24) is 5.32 Å². The van der Waals surface area contributed by atoms with Crippen molar-refractivity contribution in [1.29, 1.82) is 0 Å². The zero-order valence-corrected chi connectivity index (χ0v) is 12.8.